The van der Waals surface area contributed by atoms with Crippen LogP contribution in [-0.4, -0.2) is 61.7 Å². The largest absolute Gasteiger partial charge is 0.490 e. The number of aryl methyl sites for hydroxylation is 1. The molecule has 220 valence electrons. The number of carbonyl (C=O) groups is 1. The number of amides is 1. The first-order valence-corrected chi connectivity index (χ1v) is 16.4. The van der Waals surface area contributed by atoms with Crippen LogP contribution in [0.4, 0.5) is 5.69 Å². The highest BCUT2D eigenvalue weighted by atomic mass is 35.5. The van der Waals surface area contributed by atoms with E-state index in [0.29, 0.717) is 25.4 Å². The van der Waals surface area contributed by atoms with Crippen LogP contribution in [0, 0.1) is 11.8 Å². The zero-order valence-corrected chi connectivity index (χ0v) is 24.7. The lowest BCUT2D eigenvalue weighted by molar-refractivity contribution is 0.0454. The Morgan fingerprint density at radius 3 is 2.76 bits per heavy atom. The molecule has 4 aliphatic rings. The number of nitrogens with one attached hydrogen (secondary N) is 1. The molecular formula is C31H37ClN2O6S. The van der Waals surface area contributed by atoms with Crippen LogP contribution in [0.25, 0.3) is 0 Å². The summed E-state index contributed by atoms with van der Waals surface area (Å²) in [6.45, 7) is 3.17. The Morgan fingerprint density at radius 2 is 1.98 bits per heavy atom. The Labute approximate surface area is 246 Å². The minimum Gasteiger partial charge on any atom is -0.490 e. The van der Waals surface area contributed by atoms with Gasteiger partial charge in [-0.15, -0.1) is 0 Å². The molecule has 0 saturated heterocycles. The van der Waals surface area contributed by atoms with Gasteiger partial charge in [0.1, 0.15) is 11.0 Å². The van der Waals surface area contributed by atoms with Crippen molar-refractivity contribution in [2.45, 2.75) is 68.3 Å². The van der Waals surface area contributed by atoms with Gasteiger partial charge in [0, 0.05) is 29.1 Å². The molecule has 8 nitrogen and oxygen atoms in total. The lowest BCUT2D eigenvalue weighted by Crippen LogP contribution is -2.49. The van der Waals surface area contributed by atoms with Crippen molar-refractivity contribution in [1.82, 2.24) is 4.72 Å². The number of nitrogens with zero attached hydrogens (tertiary/aromatic N) is 1. The number of aliphatic hydroxyl groups is 2. The zero-order valence-electron chi connectivity index (χ0n) is 23.1. The maximum atomic E-state index is 13.2. The van der Waals surface area contributed by atoms with Crippen LogP contribution in [0.3, 0.4) is 0 Å². The van der Waals surface area contributed by atoms with E-state index in [9.17, 15) is 23.4 Å². The molecule has 2 aromatic rings. The highest BCUT2D eigenvalue weighted by Crippen LogP contribution is 2.46. The molecule has 1 fully saturated rings. The Balaban J connectivity index is 1.42. The van der Waals surface area contributed by atoms with Crippen LogP contribution in [0.5, 0.6) is 5.75 Å². The monoisotopic (exact) mass is 600 g/mol. The summed E-state index contributed by atoms with van der Waals surface area (Å²) in [4.78, 5) is 15.5. The molecule has 3 N–H and O–H groups in total. The number of ether oxygens (including phenoxy) is 1. The number of halogens is 1. The number of fused-ring (bicyclic) bond motifs is 4. The maximum Gasteiger partial charge on any atom is 0.264 e. The molecule has 10 heteroatoms. The second-order valence-electron chi connectivity index (χ2n) is 12.2. The summed E-state index contributed by atoms with van der Waals surface area (Å²) in [6.07, 6.45) is 6.21. The van der Waals surface area contributed by atoms with Crippen LogP contribution in [0.1, 0.15) is 60.5 Å². The predicted octanol–water partition coefficient (Wildman–Crippen LogP) is 3.97. The number of carbonyl (C=O) groups excluding carboxylic acids is 1. The van der Waals surface area contributed by atoms with Crippen molar-refractivity contribution in [2.24, 2.45) is 11.8 Å². The summed E-state index contributed by atoms with van der Waals surface area (Å²) in [5, 5.41) is 21.0. The van der Waals surface area contributed by atoms with Crippen molar-refractivity contribution in [3.8, 4) is 5.75 Å². The van der Waals surface area contributed by atoms with Gasteiger partial charge >= 0.3 is 0 Å². The third-order valence-corrected chi connectivity index (χ3v) is 11.6. The molecule has 1 saturated carbocycles. The molecule has 2 aromatic carbocycles. The maximum absolute atomic E-state index is 13.2. The fourth-order valence-electron chi connectivity index (χ4n) is 6.99. The number of rotatable bonds is 0. The van der Waals surface area contributed by atoms with Gasteiger partial charge in [-0.3, -0.25) is 4.79 Å². The number of hydrogen-bond donors (Lipinski definition) is 3. The topological polar surface area (TPSA) is 116 Å². The predicted molar refractivity (Wildman–Crippen MR) is 158 cm³/mol. The summed E-state index contributed by atoms with van der Waals surface area (Å²) in [5.74, 6) is 0.164. The smallest absolute Gasteiger partial charge is 0.264 e. The Morgan fingerprint density at radius 1 is 1.15 bits per heavy atom. The minimum atomic E-state index is -4.16. The van der Waals surface area contributed by atoms with Crippen molar-refractivity contribution in [3.05, 3.63) is 70.3 Å². The lowest BCUT2D eigenvalue weighted by atomic mass is 9.68. The molecule has 41 heavy (non-hydrogen) atoms. The van der Waals surface area contributed by atoms with Gasteiger partial charge in [-0.1, -0.05) is 29.8 Å². The summed E-state index contributed by atoms with van der Waals surface area (Å²) in [6, 6.07) is 11.1. The molecule has 1 spiro atoms. The van der Waals surface area contributed by atoms with E-state index < -0.39 is 33.4 Å². The van der Waals surface area contributed by atoms with Gasteiger partial charge in [0.2, 0.25) is 10.0 Å². The average Bonchev–Trinajstić information content (AvgIpc) is 3.06. The quantitative estimate of drug-likeness (QED) is 0.392. The number of anilines is 1. The van der Waals surface area contributed by atoms with Crippen LogP contribution in [0.15, 0.2) is 48.6 Å². The van der Waals surface area contributed by atoms with Crippen molar-refractivity contribution < 1.29 is 28.2 Å². The van der Waals surface area contributed by atoms with Gasteiger partial charge in [-0.05, 0) is 98.7 Å². The fourth-order valence-corrected chi connectivity index (χ4v) is 8.27. The number of aliphatic hydroxyl groups excluding tert-OH is 2. The Hall–Kier alpha value is -2.59. The number of sulfonamides is 1. The van der Waals surface area contributed by atoms with Gasteiger partial charge in [-0.25, -0.2) is 13.1 Å². The molecule has 0 radical (unpaired) electrons. The van der Waals surface area contributed by atoms with E-state index in [1.54, 1.807) is 30.4 Å². The van der Waals surface area contributed by atoms with Crippen molar-refractivity contribution >= 4 is 33.2 Å². The molecule has 0 unspecified atom stereocenters. The van der Waals surface area contributed by atoms with E-state index in [0.717, 1.165) is 42.8 Å². The van der Waals surface area contributed by atoms with E-state index in [-0.39, 0.29) is 29.2 Å². The molecule has 6 rings (SSSR count). The molecule has 2 aliphatic heterocycles. The molecule has 2 bridgehead atoms. The third kappa shape index (κ3) is 5.38. The normalized spacial score (nSPS) is 33.8. The van der Waals surface area contributed by atoms with Crippen molar-refractivity contribution in [3.63, 3.8) is 0 Å². The van der Waals surface area contributed by atoms with E-state index in [2.05, 4.69) is 21.8 Å². The van der Waals surface area contributed by atoms with Gasteiger partial charge in [0.05, 0.1) is 24.5 Å². The van der Waals surface area contributed by atoms with Crippen molar-refractivity contribution in [1.29, 1.82) is 0 Å². The number of benzene rings is 2. The molecular weight excluding hydrogens is 564 g/mol. The summed E-state index contributed by atoms with van der Waals surface area (Å²) >= 11 is 6.36. The highest BCUT2D eigenvalue weighted by molar-refractivity contribution is 7.90. The van der Waals surface area contributed by atoms with Gasteiger partial charge < -0.3 is 19.8 Å². The molecule has 0 aromatic heterocycles. The van der Waals surface area contributed by atoms with Crippen LogP contribution in [0.2, 0.25) is 5.02 Å². The standard InChI is InChI=1S/C31H37ClN2O6S/c1-19-27(35)5-2-6-28(36)24-10-7-22(24)16-34-17-31(13-3-4-20-14-23(32)9-11-25(20)31)18-40-29-12-8-21(15-26(29)34)30(37)33-41(19,38)39/h2,6,8-9,11-12,14-15,19,22,24,27-28,35-36H,3-5,7,10,13,16-18H2,1H3,(H,33,37)/b6-2-/t19-,22+,24-,27+,28+,31+/m1/s1. The third-order valence-electron chi connectivity index (χ3n) is 9.65. The van der Waals surface area contributed by atoms with Crippen LogP contribution in [-0.2, 0) is 21.9 Å². The van der Waals surface area contributed by atoms with Crippen molar-refractivity contribution in [2.75, 3.05) is 24.6 Å². The second-order valence-corrected chi connectivity index (χ2v) is 14.7. The van der Waals surface area contributed by atoms with Gasteiger partial charge in [0.15, 0.2) is 0 Å². The van der Waals surface area contributed by atoms with Gasteiger partial charge in [0.25, 0.3) is 5.91 Å². The molecule has 2 heterocycles. The summed E-state index contributed by atoms with van der Waals surface area (Å²) < 4.78 is 34.6. The Bertz CT molecular complexity index is 1480. The van der Waals surface area contributed by atoms with E-state index in [4.69, 9.17) is 16.3 Å². The SMILES string of the molecule is C[C@@H]1[C@@H](O)C/C=C\[C@H](O)[C@@H]2CC[C@H]2CN2C[C@@]3(CCCc4cc(Cl)ccc43)COc3ccc(cc32)C(=O)NS1(=O)=O. The van der Waals surface area contributed by atoms with E-state index in [1.165, 1.54) is 18.1 Å². The highest BCUT2D eigenvalue weighted by Gasteiger charge is 2.44. The van der Waals surface area contributed by atoms with E-state index >= 15 is 0 Å². The number of hydrogen-bond acceptors (Lipinski definition) is 7. The Kier molecular flexibility index (Phi) is 7.59. The molecule has 2 aliphatic carbocycles. The van der Waals surface area contributed by atoms with Crippen LogP contribution < -0.4 is 14.4 Å². The first kappa shape index (κ1) is 28.5. The van der Waals surface area contributed by atoms with Gasteiger partial charge in [-0.2, -0.15) is 0 Å². The molecule has 6 atom stereocenters. The minimum absolute atomic E-state index is 0.0463. The fraction of sp³-hybridized carbons (Fsp3) is 0.516. The second kappa shape index (κ2) is 10.9. The summed E-state index contributed by atoms with van der Waals surface area (Å²) in [5.41, 5.74) is 3.12. The lowest BCUT2D eigenvalue weighted by Gasteiger charge is -2.45. The first-order valence-electron chi connectivity index (χ1n) is 14.5. The zero-order chi connectivity index (χ0) is 28.9. The van der Waals surface area contributed by atoms with E-state index in [1.807, 2.05) is 6.07 Å². The average molecular weight is 601 g/mol. The summed E-state index contributed by atoms with van der Waals surface area (Å²) in [7, 11) is -4.16. The molecule has 1 amide bonds. The van der Waals surface area contributed by atoms with Crippen LogP contribution >= 0.6 is 11.6 Å². The first-order chi connectivity index (χ1) is 19.6.